The van der Waals surface area contributed by atoms with Crippen LogP contribution in [0.5, 0.6) is 0 Å². The van der Waals surface area contributed by atoms with Crippen LogP contribution in [0.1, 0.15) is 46.0 Å². The number of hydrogen-bond donors (Lipinski definition) is 1. The van der Waals surface area contributed by atoms with Crippen molar-refractivity contribution in [1.29, 1.82) is 0 Å². The maximum atomic E-state index is 3.63. The van der Waals surface area contributed by atoms with Crippen molar-refractivity contribution >= 4 is 0 Å². The van der Waals surface area contributed by atoms with Crippen LogP contribution in [0.4, 0.5) is 0 Å². The molecule has 0 saturated heterocycles. The van der Waals surface area contributed by atoms with Gasteiger partial charge in [-0.05, 0) is 45.3 Å². The average Bonchev–Trinajstić information content (AvgIpc) is 2.63. The number of hydrogen-bond acceptors (Lipinski definition) is 2. The molecule has 15 heavy (non-hydrogen) atoms. The minimum atomic E-state index is 0.791. The van der Waals surface area contributed by atoms with E-state index in [0.717, 1.165) is 18.5 Å². The molecule has 1 N–H and O–H groups in total. The molecule has 0 radical (unpaired) electrons. The molecule has 1 aliphatic carbocycles. The van der Waals surface area contributed by atoms with E-state index < -0.39 is 0 Å². The van der Waals surface area contributed by atoms with Crippen LogP contribution in [-0.2, 0) is 0 Å². The minimum Gasteiger partial charge on any atom is -0.314 e. The SMILES string of the molecule is CCCCN(C)CC1CCCC1NCC. The van der Waals surface area contributed by atoms with Crippen molar-refractivity contribution in [2.45, 2.75) is 52.0 Å². The number of nitrogens with zero attached hydrogens (tertiary/aromatic N) is 1. The highest BCUT2D eigenvalue weighted by molar-refractivity contribution is 4.84. The highest BCUT2D eigenvalue weighted by atomic mass is 15.1. The predicted molar refractivity (Wildman–Crippen MR) is 67.2 cm³/mol. The largest absolute Gasteiger partial charge is 0.314 e. The number of unbranched alkanes of at least 4 members (excludes halogenated alkanes) is 1. The molecular formula is C13H28N2. The number of nitrogens with one attached hydrogen (secondary N) is 1. The summed E-state index contributed by atoms with van der Waals surface area (Å²) in [6.07, 6.45) is 6.89. The quantitative estimate of drug-likeness (QED) is 0.697. The molecule has 90 valence electrons. The molecule has 1 saturated carbocycles. The maximum absolute atomic E-state index is 3.63. The van der Waals surface area contributed by atoms with Gasteiger partial charge in [0.05, 0.1) is 0 Å². The summed E-state index contributed by atoms with van der Waals surface area (Å²) in [6, 6.07) is 0.791. The second-order valence-corrected chi connectivity index (χ2v) is 4.97. The summed E-state index contributed by atoms with van der Waals surface area (Å²) in [5, 5.41) is 3.63. The summed E-state index contributed by atoms with van der Waals surface area (Å²) in [4.78, 5) is 2.52. The van der Waals surface area contributed by atoms with Crippen LogP contribution in [0.15, 0.2) is 0 Å². The van der Waals surface area contributed by atoms with Gasteiger partial charge in [-0.2, -0.15) is 0 Å². The molecule has 0 aromatic carbocycles. The topological polar surface area (TPSA) is 15.3 Å². The Balaban J connectivity index is 2.23. The smallest absolute Gasteiger partial charge is 0.0107 e. The zero-order valence-electron chi connectivity index (χ0n) is 10.8. The van der Waals surface area contributed by atoms with Crippen molar-refractivity contribution in [3.05, 3.63) is 0 Å². The normalized spacial score (nSPS) is 26.4. The first kappa shape index (κ1) is 13.0. The first-order valence-corrected chi connectivity index (χ1v) is 6.69. The summed E-state index contributed by atoms with van der Waals surface area (Å²) >= 11 is 0. The van der Waals surface area contributed by atoms with E-state index in [4.69, 9.17) is 0 Å². The lowest BCUT2D eigenvalue weighted by molar-refractivity contribution is 0.249. The molecule has 0 aromatic heterocycles. The second kappa shape index (κ2) is 7.24. The highest BCUT2D eigenvalue weighted by Crippen LogP contribution is 2.26. The molecule has 0 aliphatic heterocycles. The third kappa shape index (κ3) is 4.52. The molecule has 2 unspecified atom stereocenters. The summed E-state index contributed by atoms with van der Waals surface area (Å²) in [6.45, 7) is 8.17. The van der Waals surface area contributed by atoms with E-state index in [-0.39, 0.29) is 0 Å². The fourth-order valence-electron chi connectivity index (χ4n) is 2.71. The van der Waals surface area contributed by atoms with Gasteiger partial charge in [0.25, 0.3) is 0 Å². The molecule has 0 aromatic rings. The highest BCUT2D eigenvalue weighted by Gasteiger charge is 2.26. The van der Waals surface area contributed by atoms with Crippen LogP contribution in [0.3, 0.4) is 0 Å². The molecule has 0 amide bonds. The van der Waals surface area contributed by atoms with Gasteiger partial charge in [-0.15, -0.1) is 0 Å². The molecular weight excluding hydrogens is 184 g/mol. The van der Waals surface area contributed by atoms with Crippen LogP contribution in [0, 0.1) is 5.92 Å². The maximum Gasteiger partial charge on any atom is 0.0107 e. The van der Waals surface area contributed by atoms with E-state index in [2.05, 4.69) is 31.1 Å². The molecule has 1 rings (SSSR count). The Morgan fingerprint density at radius 1 is 1.27 bits per heavy atom. The van der Waals surface area contributed by atoms with Crippen LogP contribution in [-0.4, -0.2) is 37.6 Å². The van der Waals surface area contributed by atoms with Gasteiger partial charge in [0, 0.05) is 12.6 Å². The molecule has 1 fully saturated rings. The molecule has 1 aliphatic rings. The first-order valence-electron chi connectivity index (χ1n) is 6.69. The van der Waals surface area contributed by atoms with Gasteiger partial charge in [0.15, 0.2) is 0 Å². The third-order valence-electron chi connectivity index (χ3n) is 3.56. The van der Waals surface area contributed by atoms with Crippen LogP contribution in [0.2, 0.25) is 0 Å². The molecule has 2 heteroatoms. The van der Waals surface area contributed by atoms with Gasteiger partial charge in [0.2, 0.25) is 0 Å². The van der Waals surface area contributed by atoms with Gasteiger partial charge in [-0.3, -0.25) is 0 Å². The fourth-order valence-corrected chi connectivity index (χ4v) is 2.71. The molecule has 0 heterocycles. The van der Waals surface area contributed by atoms with E-state index >= 15 is 0 Å². The Morgan fingerprint density at radius 2 is 2.07 bits per heavy atom. The van der Waals surface area contributed by atoms with Crippen molar-refractivity contribution in [3.63, 3.8) is 0 Å². The van der Waals surface area contributed by atoms with Crippen molar-refractivity contribution < 1.29 is 0 Å². The van der Waals surface area contributed by atoms with E-state index in [1.807, 2.05) is 0 Å². The Bertz CT molecular complexity index is 159. The van der Waals surface area contributed by atoms with E-state index in [1.165, 1.54) is 45.2 Å². The van der Waals surface area contributed by atoms with E-state index in [9.17, 15) is 0 Å². The first-order chi connectivity index (χ1) is 7.27. The molecule has 2 nitrogen and oxygen atoms in total. The summed E-state index contributed by atoms with van der Waals surface area (Å²) in [7, 11) is 2.27. The molecule has 0 bridgehead atoms. The Labute approximate surface area is 95.4 Å². The lowest BCUT2D eigenvalue weighted by atomic mass is 10.0. The van der Waals surface area contributed by atoms with Gasteiger partial charge in [0.1, 0.15) is 0 Å². The van der Waals surface area contributed by atoms with Crippen LogP contribution < -0.4 is 5.32 Å². The zero-order chi connectivity index (χ0) is 11.1. The second-order valence-electron chi connectivity index (χ2n) is 4.97. The van der Waals surface area contributed by atoms with Crippen molar-refractivity contribution in [1.82, 2.24) is 10.2 Å². The monoisotopic (exact) mass is 212 g/mol. The fraction of sp³-hybridized carbons (Fsp3) is 1.00. The van der Waals surface area contributed by atoms with Crippen LogP contribution >= 0.6 is 0 Å². The molecule has 2 atom stereocenters. The van der Waals surface area contributed by atoms with Crippen molar-refractivity contribution in [2.24, 2.45) is 5.92 Å². The van der Waals surface area contributed by atoms with Crippen molar-refractivity contribution in [2.75, 3.05) is 26.7 Å². The lowest BCUT2D eigenvalue weighted by Gasteiger charge is -2.26. The van der Waals surface area contributed by atoms with E-state index in [1.54, 1.807) is 0 Å². The van der Waals surface area contributed by atoms with Gasteiger partial charge in [-0.1, -0.05) is 26.7 Å². The van der Waals surface area contributed by atoms with Gasteiger partial charge >= 0.3 is 0 Å². The Morgan fingerprint density at radius 3 is 2.73 bits per heavy atom. The van der Waals surface area contributed by atoms with Crippen LogP contribution in [0.25, 0.3) is 0 Å². The summed E-state index contributed by atoms with van der Waals surface area (Å²) in [5.74, 6) is 0.895. The minimum absolute atomic E-state index is 0.791. The third-order valence-corrected chi connectivity index (χ3v) is 3.56. The standard InChI is InChI=1S/C13H28N2/c1-4-6-10-15(3)11-12-8-7-9-13(12)14-5-2/h12-14H,4-11H2,1-3H3. The van der Waals surface area contributed by atoms with Crippen molar-refractivity contribution in [3.8, 4) is 0 Å². The lowest BCUT2D eigenvalue weighted by Crippen LogP contribution is -2.38. The summed E-state index contributed by atoms with van der Waals surface area (Å²) in [5.41, 5.74) is 0. The molecule has 0 spiro atoms. The van der Waals surface area contributed by atoms with Gasteiger partial charge < -0.3 is 10.2 Å². The zero-order valence-corrected chi connectivity index (χ0v) is 10.8. The average molecular weight is 212 g/mol. The number of rotatable bonds is 7. The van der Waals surface area contributed by atoms with E-state index in [0.29, 0.717) is 0 Å². The van der Waals surface area contributed by atoms with Gasteiger partial charge in [-0.25, -0.2) is 0 Å². The Kier molecular flexibility index (Phi) is 6.26. The Hall–Kier alpha value is -0.0800. The predicted octanol–water partition coefficient (Wildman–Crippen LogP) is 2.50. The summed E-state index contributed by atoms with van der Waals surface area (Å²) < 4.78 is 0.